The van der Waals surface area contributed by atoms with Gasteiger partial charge in [0.25, 0.3) is 0 Å². The van der Waals surface area contributed by atoms with Crippen molar-refractivity contribution < 1.29 is 0 Å². The van der Waals surface area contributed by atoms with E-state index in [1.807, 2.05) is 0 Å². The summed E-state index contributed by atoms with van der Waals surface area (Å²) in [5.41, 5.74) is 2.83. The molecule has 0 heterocycles. The number of nitrogens with one attached hydrogen (secondary N) is 1. The Morgan fingerprint density at radius 2 is 1.75 bits per heavy atom. The summed E-state index contributed by atoms with van der Waals surface area (Å²) < 4.78 is 0. The third kappa shape index (κ3) is 4.34. The average Bonchev–Trinajstić information content (AvgIpc) is 2.48. The predicted molar refractivity (Wildman–Crippen MR) is 88.1 cm³/mol. The van der Waals surface area contributed by atoms with Crippen LogP contribution in [0.2, 0.25) is 0 Å². The molecule has 1 nitrogen and oxygen atoms in total. The van der Waals surface area contributed by atoms with Crippen molar-refractivity contribution in [1.82, 2.24) is 5.32 Å². The van der Waals surface area contributed by atoms with Gasteiger partial charge in [-0.05, 0) is 50.6 Å². The van der Waals surface area contributed by atoms with E-state index in [1.54, 1.807) is 0 Å². The van der Waals surface area contributed by atoms with Gasteiger partial charge in [-0.25, -0.2) is 0 Å². The van der Waals surface area contributed by atoms with Crippen molar-refractivity contribution in [3.8, 4) is 0 Å². The minimum absolute atomic E-state index is 0.653. The van der Waals surface area contributed by atoms with E-state index in [2.05, 4.69) is 50.5 Å². The largest absolute Gasteiger partial charge is 0.316 e. The molecule has 0 aromatic heterocycles. The number of hydrogen-bond acceptors (Lipinski definition) is 1. The van der Waals surface area contributed by atoms with Gasteiger partial charge in [0.05, 0.1) is 0 Å². The molecule has 1 aromatic rings. The van der Waals surface area contributed by atoms with E-state index in [1.165, 1.54) is 56.1 Å². The Hall–Kier alpha value is -0.820. The maximum absolute atomic E-state index is 3.58. The molecule has 112 valence electrons. The van der Waals surface area contributed by atoms with Crippen molar-refractivity contribution in [2.45, 2.75) is 64.8 Å². The highest BCUT2D eigenvalue weighted by atomic mass is 14.9. The quantitative estimate of drug-likeness (QED) is 0.790. The Labute approximate surface area is 125 Å². The smallest absolute Gasteiger partial charge is 0.0133 e. The summed E-state index contributed by atoms with van der Waals surface area (Å²) in [6.07, 6.45) is 9.71. The zero-order chi connectivity index (χ0) is 14.4. The lowest BCUT2D eigenvalue weighted by Gasteiger charge is -2.34. The van der Waals surface area contributed by atoms with Gasteiger partial charge in [0.1, 0.15) is 0 Å². The van der Waals surface area contributed by atoms with Crippen LogP contribution in [0.15, 0.2) is 24.3 Å². The molecule has 1 heteroatoms. The fourth-order valence-electron chi connectivity index (χ4n) is 3.77. The van der Waals surface area contributed by atoms with Crippen LogP contribution < -0.4 is 5.32 Å². The first kappa shape index (κ1) is 15.6. The van der Waals surface area contributed by atoms with Crippen LogP contribution in [0, 0.1) is 18.8 Å². The summed E-state index contributed by atoms with van der Waals surface area (Å²) in [5.74, 6) is 1.88. The van der Waals surface area contributed by atoms with E-state index in [0.29, 0.717) is 6.04 Å². The van der Waals surface area contributed by atoms with Crippen LogP contribution >= 0.6 is 0 Å². The van der Waals surface area contributed by atoms with Crippen LogP contribution in [0.25, 0.3) is 0 Å². The highest BCUT2D eigenvalue weighted by Gasteiger charge is 2.26. The van der Waals surface area contributed by atoms with Gasteiger partial charge in [-0.15, -0.1) is 0 Å². The molecular formula is C19H31N. The molecule has 0 aliphatic heterocycles. The maximum atomic E-state index is 3.58. The van der Waals surface area contributed by atoms with Crippen LogP contribution in [0.5, 0.6) is 0 Å². The zero-order valence-electron chi connectivity index (χ0n) is 13.5. The van der Waals surface area contributed by atoms with E-state index in [0.717, 1.165) is 11.8 Å². The first-order valence-electron chi connectivity index (χ1n) is 8.45. The number of benzene rings is 1. The predicted octanol–water partition coefficient (Wildman–Crippen LogP) is 4.73. The monoisotopic (exact) mass is 273 g/mol. The normalized spacial score (nSPS) is 24.6. The Bertz CT molecular complexity index is 373. The van der Waals surface area contributed by atoms with Gasteiger partial charge in [0, 0.05) is 6.04 Å². The highest BCUT2D eigenvalue weighted by molar-refractivity contribution is 5.22. The number of hydrogen-bond donors (Lipinski definition) is 1. The third-order valence-electron chi connectivity index (χ3n) is 5.10. The van der Waals surface area contributed by atoms with Gasteiger partial charge in [0.2, 0.25) is 0 Å². The lowest BCUT2D eigenvalue weighted by molar-refractivity contribution is 0.217. The second kappa shape index (κ2) is 7.83. The average molecular weight is 273 g/mol. The Morgan fingerprint density at radius 3 is 2.30 bits per heavy atom. The van der Waals surface area contributed by atoms with Crippen LogP contribution in [-0.4, -0.2) is 13.1 Å². The molecule has 1 saturated carbocycles. The zero-order valence-corrected chi connectivity index (χ0v) is 13.5. The molecule has 0 radical (unpaired) electrons. The molecule has 0 spiro atoms. The fourth-order valence-corrected chi connectivity index (χ4v) is 3.77. The highest BCUT2D eigenvalue weighted by Crippen LogP contribution is 2.34. The van der Waals surface area contributed by atoms with Gasteiger partial charge < -0.3 is 5.32 Å². The standard InChI is InChI=1S/C19H31N/c1-4-5-16-10-12-18(13-11-16)19(20-3)14-17-8-6-15(2)7-9-17/h6-9,16,18-20H,4-5,10-14H2,1-3H3. The third-order valence-corrected chi connectivity index (χ3v) is 5.10. The molecule has 1 aromatic carbocycles. The molecule has 20 heavy (non-hydrogen) atoms. The van der Waals surface area contributed by atoms with Gasteiger partial charge in [-0.1, -0.05) is 62.4 Å². The number of rotatable bonds is 6. The van der Waals surface area contributed by atoms with Gasteiger partial charge >= 0.3 is 0 Å². The topological polar surface area (TPSA) is 12.0 Å². The second-order valence-electron chi connectivity index (χ2n) is 6.65. The molecule has 1 aliphatic rings. The summed E-state index contributed by atoms with van der Waals surface area (Å²) >= 11 is 0. The molecule has 1 fully saturated rings. The summed E-state index contributed by atoms with van der Waals surface area (Å²) in [4.78, 5) is 0. The molecule has 0 amide bonds. The minimum Gasteiger partial charge on any atom is -0.316 e. The van der Waals surface area contributed by atoms with E-state index in [9.17, 15) is 0 Å². The molecule has 1 unspecified atom stereocenters. The van der Waals surface area contributed by atoms with Crippen LogP contribution in [0.1, 0.15) is 56.6 Å². The summed E-state index contributed by atoms with van der Waals surface area (Å²) in [6.45, 7) is 4.48. The van der Waals surface area contributed by atoms with E-state index in [-0.39, 0.29) is 0 Å². The minimum atomic E-state index is 0.653. The van der Waals surface area contributed by atoms with E-state index in [4.69, 9.17) is 0 Å². The van der Waals surface area contributed by atoms with Crippen molar-refractivity contribution in [3.05, 3.63) is 35.4 Å². The number of likely N-dealkylation sites (N-methyl/N-ethyl adjacent to an activating group) is 1. The Morgan fingerprint density at radius 1 is 1.10 bits per heavy atom. The Kier molecular flexibility index (Phi) is 6.09. The van der Waals surface area contributed by atoms with Crippen molar-refractivity contribution in [2.75, 3.05) is 7.05 Å². The molecule has 1 atom stereocenters. The van der Waals surface area contributed by atoms with Gasteiger partial charge in [0.15, 0.2) is 0 Å². The first-order chi connectivity index (χ1) is 9.72. The van der Waals surface area contributed by atoms with Crippen LogP contribution in [0.4, 0.5) is 0 Å². The molecule has 0 saturated heterocycles. The molecule has 1 N–H and O–H groups in total. The molecule has 2 rings (SSSR count). The summed E-state index contributed by atoms with van der Waals surface area (Å²) in [5, 5.41) is 3.58. The SMILES string of the molecule is CCCC1CCC(C(Cc2ccc(C)cc2)NC)CC1. The van der Waals surface area contributed by atoms with E-state index >= 15 is 0 Å². The maximum Gasteiger partial charge on any atom is 0.0133 e. The molecule has 1 aliphatic carbocycles. The Balaban J connectivity index is 1.87. The fraction of sp³-hybridized carbons (Fsp3) is 0.684. The van der Waals surface area contributed by atoms with Crippen LogP contribution in [0.3, 0.4) is 0 Å². The summed E-state index contributed by atoms with van der Waals surface area (Å²) in [6, 6.07) is 9.71. The van der Waals surface area contributed by atoms with Crippen LogP contribution in [-0.2, 0) is 6.42 Å². The molecular weight excluding hydrogens is 242 g/mol. The second-order valence-corrected chi connectivity index (χ2v) is 6.65. The van der Waals surface area contributed by atoms with E-state index < -0.39 is 0 Å². The lowest BCUT2D eigenvalue weighted by atomic mass is 9.76. The number of aryl methyl sites for hydroxylation is 1. The summed E-state index contributed by atoms with van der Waals surface area (Å²) in [7, 11) is 2.14. The van der Waals surface area contributed by atoms with Crippen molar-refractivity contribution in [2.24, 2.45) is 11.8 Å². The van der Waals surface area contributed by atoms with Crippen molar-refractivity contribution in [3.63, 3.8) is 0 Å². The molecule has 0 bridgehead atoms. The van der Waals surface area contributed by atoms with Gasteiger partial charge in [-0.3, -0.25) is 0 Å². The van der Waals surface area contributed by atoms with Crippen molar-refractivity contribution in [1.29, 1.82) is 0 Å². The lowest BCUT2D eigenvalue weighted by Crippen LogP contribution is -2.37. The van der Waals surface area contributed by atoms with Gasteiger partial charge in [-0.2, -0.15) is 0 Å². The van der Waals surface area contributed by atoms with Crippen molar-refractivity contribution >= 4 is 0 Å². The first-order valence-corrected chi connectivity index (χ1v) is 8.45.